The van der Waals surface area contributed by atoms with Crippen molar-refractivity contribution in [3.63, 3.8) is 0 Å². The zero-order chi connectivity index (χ0) is 8.10. The molecule has 0 aliphatic heterocycles. The fourth-order valence-electron chi connectivity index (χ4n) is 1.55. The van der Waals surface area contributed by atoms with Crippen LogP contribution in [-0.2, 0) is 0 Å². The van der Waals surface area contributed by atoms with Crippen molar-refractivity contribution in [1.29, 1.82) is 0 Å². The summed E-state index contributed by atoms with van der Waals surface area (Å²) in [5.74, 6) is 2.04. The minimum absolute atomic E-state index is 1.01. The predicted molar refractivity (Wildman–Crippen MR) is 53.3 cm³/mol. The van der Waals surface area contributed by atoms with E-state index in [4.69, 9.17) is 0 Å². The van der Waals surface area contributed by atoms with E-state index in [1.807, 2.05) is 0 Å². The summed E-state index contributed by atoms with van der Waals surface area (Å²) in [4.78, 5) is 2.44. The Kier molecular flexibility index (Phi) is 4.31. The van der Waals surface area contributed by atoms with E-state index in [0.29, 0.717) is 0 Å². The molecule has 2 heteroatoms. The first kappa shape index (κ1) is 9.40. The average Bonchev–Trinajstić information content (AvgIpc) is 1.93. The molecule has 0 aromatic heterocycles. The molecule has 1 saturated carbocycles. The van der Waals surface area contributed by atoms with E-state index < -0.39 is 0 Å². The Labute approximate surface area is 75.6 Å². The molecule has 1 nitrogen and oxygen atoms in total. The minimum Gasteiger partial charge on any atom is -0.306 e. The molecule has 0 unspecified atom stereocenters. The van der Waals surface area contributed by atoms with Crippen LogP contribution >= 0.6 is 12.6 Å². The van der Waals surface area contributed by atoms with Crippen LogP contribution in [-0.4, -0.2) is 30.8 Å². The summed E-state index contributed by atoms with van der Waals surface area (Å²) in [5, 5.41) is 0. The van der Waals surface area contributed by atoms with Gasteiger partial charge in [0.2, 0.25) is 0 Å². The number of nitrogens with zero attached hydrogens (tertiary/aromatic N) is 1. The Hall–Kier alpha value is 0.310. The quantitative estimate of drug-likeness (QED) is 0.623. The number of hydrogen-bond acceptors (Lipinski definition) is 2. The molecule has 1 rings (SSSR count). The molecule has 0 N–H and O–H groups in total. The van der Waals surface area contributed by atoms with E-state index in [-0.39, 0.29) is 0 Å². The van der Waals surface area contributed by atoms with Crippen LogP contribution < -0.4 is 0 Å². The summed E-state index contributed by atoms with van der Waals surface area (Å²) >= 11 is 4.20. The average molecular weight is 173 g/mol. The normalized spacial score (nSPS) is 18.8. The molecule has 0 heterocycles. The molecule has 0 aromatic rings. The first-order valence-corrected chi connectivity index (χ1v) is 5.25. The Morgan fingerprint density at radius 2 is 2.18 bits per heavy atom. The van der Waals surface area contributed by atoms with Crippen LogP contribution in [0.15, 0.2) is 0 Å². The third-order valence-corrected chi connectivity index (χ3v) is 2.81. The lowest BCUT2D eigenvalue weighted by Gasteiger charge is -2.29. The van der Waals surface area contributed by atoms with Crippen LogP contribution in [0.25, 0.3) is 0 Å². The fraction of sp³-hybridized carbons (Fsp3) is 1.00. The van der Waals surface area contributed by atoms with Gasteiger partial charge in [0.05, 0.1) is 0 Å². The Morgan fingerprint density at radius 1 is 1.45 bits per heavy atom. The van der Waals surface area contributed by atoms with Gasteiger partial charge >= 0.3 is 0 Å². The van der Waals surface area contributed by atoms with Gasteiger partial charge in [-0.25, -0.2) is 0 Å². The fourth-order valence-corrected chi connectivity index (χ4v) is 1.69. The summed E-state index contributed by atoms with van der Waals surface area (Å²) in [6.07, 6.45) is 5.62. The molecule has 0 bridgehead atoms. The maximum absolute atomic E-state index is 4.20. The van der Waals surface area contributed by atoms with Gasteiger partial charge in [-0.1, -0.05) is 6.42 Å². The number of rotatable bonds is 5. The van der Waals surface area contributed by atoms with Crippen molar-refractivity contribution in [2.24, 2.45) is 5.92 Å². The van der Waals surface area contributed by atoms with Gasteiger partial charge in [0.15, 0.2) is 0 Å². The van der Waals surface area contributed by atoms with Crippen LogP contribution in [0.2, 0.25) is 0 Å². The Bertz CT molecular complexity index is 102. The second-order valence-electron chi connectivity index (χ2n) is 3.64. The van der Waals surface area contributed by atoms with Gasteiger partial charge in [-0.15, -0.1) is 0 Å². The van der Waals surface area contributed by atoms with E-state index in [1.165, 1.54) is 38.8 Å². The second kappa shape index (κ2) is 5.04. The zero-order valence-corrected chi connectivity index (χ0v) is 8.32. The van der Waals surface area contributed by atoms with Gasteiger partial charge in [0.25, 0.3) is 0 Å². The van der Waals surface area contributed by atoms with Crippen molar-refractivity contribution in [2.75, 3.05) is 25.9 Å². The first-order chi connectivity index (χ1) is 5.33. The topological polar surface area (TPSA) is 3.24 Å². The summed E-state index contributed by atoms with van der Waals surface area (Å²) < 4.78 is 0. The van der Waals surface area contributed by atoms with Crippen molar-refractivity contribution in [3.05, 3.63) is 0 Å². The van der Waals surface area contributed by atoms with E-state index in [1.54, 1.807) is 0 Å². The van der Waals surface area contributed by atoms with E-state index in [2.05, 4.69) is 24.6 Å². The van der Waals surface area contributed by atoms with Crippen molar-refractivity contribution in [1.82, 2.24) is 4.90 Å². The van der Waals surface area contributed by atoms with E-state index in [9.17, 15) is 0 Å². The summed E-state index contributed by atoms with van der Waals surface area (Å²) in [7, 11) is 2.22. The van der Waals surface area contributed by atoms with Gasteiger partial charge in [-0.05, 0) is 44.5 Å². The van der Waals surface area contributed by atoms with Crippen molar-refractivity contribution in [2.45, 2.75) is 25.7 Å². The number of thiol groups is 1. The molecule has 1 aliphatic rings. The van der Waals surface area contributed by atoms with Crippen LogP contribution in [0.1, 0.15) is 25.7 Å². The SMILES string of the molecule is CN(CCCS)CC1CCC1. The molecule has 0 radical (unpaired) electrons. The third-order valence-electron chi connectivity index (χ3n) is 2.49. The van der Waals surface area contributed by atoms with Crippen LogP contribution in [0, 0.1) is 5.92 Å². The van der Waals surface area contributed by atoms with Crippen molar-refractivity contribution >= 4 is 12.6 Å². The zero-order valence-electron chi connectivity index (χ0n) is 7.42. The molecule has 66 valence electrons. The molecule has 0 saturated heterocycles. The number of hydrogen-bond donors (Lipinski definition) is 1. The Morgan fingerprint density at radius 3 is 2.64 bits per heavy atom. The lowest BCUT2D eigenvalue weighted by Crippen LogP contribution is -2.30. The molecular formula is C9H19NS. The highest BCUT2D eigenvalue weighted by Gasteiger charge is 2.18. The van der Waals surface area contributed by atoms with Gasteiger partial charge in [-0.3, -0.25) is 0 Å². The lowest BCUT2D eigenvalue weighted by atomic mass is 9.85. The smallest absolute Gasteiger partial charge is 0.000661 e. The summed E-state index contributed by atoms with van der Waals surface area (Å²) in [6, 6.07) is 0. The maximum atomic E-state index is 4.20. The highest BCUT2D eigenvalue weighted by molar-refractivity contribution is 7.80. The monoisotopic (exact) mass is 173 g/mol. The molecule has 11 heavy (non-hydrogen) atoms. The molecule has 1 fully saturated rings. The van der Waals surface area contributed by atoms with Crippen molar-refractivity contribution in [3.8, 4) is 0 Å². The van der Waals surface area contributed by atoms with Gasteiger partial charge in [0.1, 0.15) is 0 Å². The van der Waals surface area contributed by atoms with Crippen molar-refractivity contribution < 1.29 is 0 Å². The van der Waals surface area contributed by atoms with Crippen LogP contribution in [0.3, 0.4) is 0 Å². The molecular weight excluding hydrogens is 154 g/mol. The molecule has 0 spiro atoms. The largest absolute Gasteiger partial charge is 0.306 e. The Balaban J connectivity index is 1.95. The molecule has 0 amide bonds. The molecule has 0 aromatic carbocycles. The van der Waals surface area contributed by atoms with Gasteiger partial charge in [-0.2, -0.15) is 12.6 Å². The van der Waals surface area contributed by atoms with Crippen LogP contribution in [0.5, 0.6) is 0 Å². The second-order valence-corrected chi connectivity index (χ2v) is 4.08. The molecule has 1 aliphatic carbocycles. The maximum Gasteiger partial charge on any atom is 0.000661 e. The summed E-state index contributed by atoms with van der Waals surface area (Å²) in [5.41, 5.74) is 0. The van der Waals surface area contributed by atoms with E-state index >= 15 is 0 Å². The highest BCUT2D eigenvalue weighted by atomic mass is 32.1. The van der Waals surface area contributed by atoms with Gasteiger partial charge < -0.3 is 4.90 Å². The first-order valence-electron chi connectivity index (χ1n) is 4.62. The summed E-state index contributed by atoms with van der Waals surface area (Å²) in [6.45, 7) is 2.54. The minimum atomic E-state index is 1.01. The predicted octanol–water partition coefficient (Wildman–Crippen LogP) is 2.04. The standard InChI is InChI=1S/C9H19NS/c1-10(6-3-7-11)8-9-4-2-5-9/h9,11H,2-8H2,1H3. The third kappa shape index (κ3) is 3.48. The van der Waals surface area contributed by atoms with E-state index in [0.717, 1.165) is 11.7 Å². The molecule has 0 atom stereocenters. The van der Waals surface area contributed by atoms with Crippen LogP contribution in [0.4, 0.5) is 0 Å². The lowest BCUT2D eigenvalue weighted by molar-refractivity contribution is 0.206. The highest BCUT2D eigenvalue weighted by Crippen LogP contribution is 2.26. The van der Waals surface area contributed by atoms with Gasteiger partial charge in [0, 0.05) is 6.54 Å².